The molecule has 2 amide bonds. The number of rotatable bonds is 5. The van der Waals surface area contributed by atoms with Crippen LogP contribution in [0.1, 0.15) is 36.6 Å². The van der Waals surface area contributed by atoms with Crippen molar-refractivity contribution >= 4 is 11.7 Å². The maximum absolute atomic E-state index is 12.6. The predicted molar refractivity (Wildman–Crippen MR) is 95.7 cm³/mol. The van der Waals surface area contributed by atoms with E-state index in [1.807, 2.05) is 6.20 Å². The van der Waals surface area contributed by atoms with Crippen LogP contribution in [-0.4, -0.2) is 50.7 Å². The summed E-state index contributed by atoms with van der Waals surface area (Å²) in [6.45, 7) is 1.14. The van der Waals surface area contributed by atoms with Gasteiger partial charge < -0.3 is 15.3 Å². The summed E-state index contributed by atoms with van der Waals surface area (Å²) in [5.41, 5.74) is 0.402. The third kappa shape index (κ3) is 5.00. The van der Waals surface area contributed by atoms with Crippen molar-refractivity contribution in [3.8, 4) is 0 Å². The number of alkyl halides is 3. The highest BCUT2D eigenvalue weighted by Crippen LogP contribution is 2.30. The number of benzene rings is 1. The number of hydrogen-bond acceptors (Lipinski definition) is 4. The number of aromatic nitrogens is 3. The van der Waals surface area contributed by atoms with Crippen LogP contribution in [-0.2, 0) is 12.6 Å². The molecule has 1 saturated heterocycles. The zero-order valence-corrected chi connectivity index (χ0v) is 15.2. The maximum atomic E-state index is 12.6. The van der Waals surface area contributed by atoms with Gasteiger partial charge in [0.2, 0.25) is 0 Å². The fourth-order valence-electron chi connectivity index (χ4n) is 3.15. The lowest BCUT2D eigenvalue weighted by molar-refractivity contribution is -0.137. The molecular formula is C18H22F3N5O2. The van der Waals surface area contributed by atoms with E-state index in [1.165, 1.54) is 12.1 Å². The molecule has 10 heteroatoms. The number of aryl methyl sites for hydroxylation is 1. The van der Waals surface area contributed by atoms with Crippen molar-refractivity contribution in [3.05, 3.63) is 41.7 Å². The second-order valence-electron chi connectivity index (χ2n) is 6.74. The minimum Gasteiger partial charge on any atom is -0.396 e. The molecule has 3 rings (SSSR count). The number of urea groups is 1. The molecule has 1 aliphatic heterocycles. The lowest BCUT2D eigenvalue weighted by Crippen LogP contribution is -2.41. The van der Waals surface area contributed by atoms with Gasteiger partial charge in [0.25, 0.3) is 0 Å². The summed E-state index contributed by atoms with van der Waals surface area (Å²) < 4.78 is 39.6. The summed E-state index contributed by atoms with van der Waals surface area (Å²) in [6.07, 6.45) is 0.209. The van der Waals surface area contributed by atoms with Crippen LogP contribution in [0.2, 0.25) is 0 Å². The molecule has 152 valence electrons. The van der Waals surface area contributed by atoms with E-state index < -0.39 is 11.7 Å². The van der Waals surface area contributed by atoms with Crippen LogP contribution in [0, 0.1) is 0 Å². The molecule has 7 nitrogen and oxygen atoms in total. The van der Waals surface area contributed by atoms with Crippen LogP contribution in [0.15, 0.2) is 30.5 Å². The lowest BCUT2D eigenvalue weighted by atomic mass is 10.1. The van der Waals surface area contributed by atoms with Crippen LogP contribution < -0.4 is 5.32 Å². The monoisotopic (exact) mass is 397 g/mol. The van der Waals surface area contributed by atoms with Crippen LogP contribution in [0.5, 0.6) is 0 Å². The maximum Gasteiger partial charge on any atom is 0.416 e. The van der Waals surface area contributed by atoms with E-state index in [1.54, 1.807) is 9.58 Å². The first kappa shape index (κ1) is 20.1. The number of likely N-dealkylation sites (tertiary alicyclic amines) is 1. The highest BCUT2D eigenvalue weighted by molar-refractivity contribution is 5.89. The summed E-state index contributed by atoms with van der Waals surface area (Å²) in [5.74, 6) is 0. The molecule has 0 radical (unpaired) electrons. The molecule has 0 aliphatic carbocycles. The molecule has 2 heterocycles. The zero-order valence-electron chi connectivity index (χ0n) is 15.2. The summed E-state index contributed by atoms with van der Waals surface area (Å²) in [5, 5.41) is 19.7. The third-order valence-corrected chi connectivity index (χ3v) is 4.74. The standard InChI is InChI=1S/C18H22F3N5O2/c19-18(20,21)13-3-5-14(6-4-13)22-17(28)25-9-7-16(8-10-25)26-12-15(23-24-26)2-1-11-27/h3-6,12,16,27H,1-2,7-11H2,(H,22,28). The van der Waals surface area contributed by atoms with Crippen molar-refractivity contribution in [2.24, 2.45) is 0 Å². The highest BCUT2D eigenvalue weighted by Gasteiger charge is 2.30. The Morgan fingerprint density at radius 2 is 1.89 bits per heavy atom. The van der Waals surface area contributed by atoms with E-state index in [0.717, 1.165) is 17.8 Å². The van der Waals surface area contributed by atoms with E-state index in [-0.39, 0.29) is 18.7 Å². The molecule has 0 unspecified atom stereocenters. The minimum atomic E-state index is -4.40. The van der Waals surface area contributed by atoms with Crippen molar-refractivity contribution in [2.75, 3.05) is 25.0 Å². The van der Waals surface area contributed by atoms with E-state index in [4.69, 9.17) is 5.11 Å². The number of hydrogen-bond donors (Lipinski definition) is 2. The molecule has 1 fully saturated rings. The number of amides is 2. The first-order valence-electron chi connectivity index (χ1n) is 9.11. The number of nitrogens with zero attached hydrogens (tertiary/aromatic N) is 4. The first-order chi connectivity index (χ1) is 13.4. The van der Waals surface area contributed by atoms with Gasteiger partial charge in [0.1, 0.15) is 0 Å². The van der Waals surface area contributed by atoms with E-state index >= 15 is 0 Å². The minimum absolute atomic E-state index is 0.110. The van der Waals surface area contributed by atoms with Gasteiger partial charge in [-0.3, -0.25) is 0 Å². The van der Waals surface area contributed by atoms with E-state index in [2.05, 4.69) is 15.6 Å². The summed E-state index contributed by atoms with van der Waals surface area (Å²) in [4.78, 5) is 14.0. The Balaban J connectivity index is 1.50. The average molecular weight is 397 g/mol. The van der Waals surface area contributed by atoms with Gasteiger partial charge in [0.05, 0.1) is 17.3 Å². The molecule has 0 atom stereocenters. The van der Waals surface area contributed by atoms with Crippen molar-refractivity contribution < 1.29 is 23.1 Å². The molecule has 2 N–H and O–H groups in total. The summed E-state index contributed by atoms with van der Waals surface area (Å²) in [6, 6.07) is 4.20. The van der Waals surface area contributed by atoms with Gasteiger partial charge >= 0.3 is 12.2 Å². The molecule has 1 aromatic carbocycles. The lowest BCUT2D eigenvalue weighted by Gasteiger charge is -2.31. The smallest absolute Gasteiger partial charge is 0.396 e. The largest absolute Gasteiger partial charge is 0.416 e. The van der Waals surface area contributed by atoms with Gasteiger partial charge in [-0.2, -0.15) is 13.2 Å². The quantitative estimate of drug-likeness (QED) is 0.812. The van der Waals surface area contributed by atoms with Gasteiger partial charge in [0.15, 0.2) is 0 Å². The predicted octanol–water partition coefficient (Wildman–Crippen LogP) is 3.09. The Morgan fingerprint density at radius 3 is 2.50 bits per heavy atom. The van der Waals surface area contributed by atoms with Gasteiger partial charge in [-0.1, -0.05) is 5.21 Å². The Bertz CT molecular complexity index is 783. The van der Waals surface area contributed by atoms with Crippen LogP contribution in [0.25, 0.3) is 0 Å². The molecule has 28 heavy (non-hydrogen) atoms. The number of carbonyl (C=O) groups is 1. The van der Waals surface area contributed by atoms with Gasteiger partial charge in [0, 0.05) is 31.6 Å². The number of anilines is 1. The Morgan fingerprint density at radius 1 is 1.21 bits per heavy atom. The Labute approximate surface area is 160 Å². The van der Waals surface area contributed by atoms with Gasteiger partial charge in [-0.15, -0.1) is 5.10 Å². The number of carbonyl (C=O) groups excluding carboxylic acids is 1. The van der Waals surface area contributed by atoms with Gasteiger partial charge in [-0.05, 0) is 49.9 Å². The van der Waals surface area contributed by atoms with Crippen molar-refractivity contribution in [3.63, 3.8) is 0 Å². The molecule has 0 bridgehead atoms. The number of piperidine rings is 1. The SMILES string of the molecule is O=C(Nc1ccc(C(F)(F)F)cc1)N1CCC(n2cc(CCCO)nn2)CC1. The zero-order chi connectivity index (χ0) is 20.1. The van der Waals surface area contributed by atoms with Gasteiger partial charge in [-0.25, -0.2) is 9.48 Å². The van der Waals surface area contributed by atoms with E-state index in [9.17, 15) is 18.0 Å². The van der Waals surface area contributed by atoms with Crippen LogP contribution >= 0.6 is 0 Å². The summed E-state index contributed by atoms with van der Waals surface area (Å²) in [7, 11) is 0. The molecule has 2 aromatic rings. The van der Waals surface area contributed by atoms with E-state index in [0.29, 0.717) is 44.5 Å². The number of aliphatic hydroxyl groups is 1. The second-order valence-corrected chi connectivity index (χ2v) is 6.74. The van der Waals surface area contributed by atoms with Crippen LogP contribution in [0.3, 0.4) is 0 Å². The number of nitrogens with one attached hydrogen (secondary N) is 1. The normalized spacial score (nSPS) is 15.6. The third-order valence-electron chi connectivity index (χ3n) is 4.74. The fraction of sp³-hybridized carbons (Fsp3) is 0.500. The topological polar surface area (TPSA) is 83.3 Å². The van der Waals surface area contributed by atoms with Crippen LogP contribution in [0.4, 0.5) is 23.7 Å². The molecule has 1 aliphatic rings. The fourth-order valence-corrected chi connectivity index (χ4v) is 3.15. The second kappa shape index (κ2) is 8.59. The molecule has 0 saturated carbocycles. The Kier molecular flexibility index (Phi) is 6.18. The number of aliphatic hydroxyl groups excluding tert-OH is 1. The van der Waals surface area contributed by atoms with Crippen molar-refractivity contribution in [2.45, 2.75) is 37.9 Å². The average Bonchev–Trinajstić information content (AvgIpc) is 3.15. The molecular weight excluding hydrogens is 375 g/mol. The highest BCUT2D eigenvalue weighted by atomic mass is 19.4. The first-order valence-corrected chi connectivity index (χ1v) is 9.11. The molecule has 0 spiro atoms. The number of halogens is 3. The van der Waals surface area contributed by atoms with Crippen molar-refractivity contribution in [1.82, 2.24) is 19.9 Å². The summed E-state index contributed by atoms with van der Waals surface area (Å²) >= 11 is 0. The molecule has 1 aromatic heterocycles. The Hall–Kier alpha value is -2.62. The van der Waals surface area contributed by atoms with Crippen molar-refractivity contribution in [1.29, 1.82) is 0 Å².